The zero-order valence-electron chi connectivity index (χ0n) is 16.1. The number of carbonyl (C=O) groups excluding carboxylic acids is 2. The largest absolute Gasteiger partial charge is 0.376 e. The second-order valence-electron chi connectivity index (χ2n) is 6.93. The van der Waals surface area contributed by atoms with E-state index in [1.165, 1.54) is 11.1 Å². The van der Waals surface area contributed by atoms with Crippen molar-refractivity contribution in [2.45, 2.75) is 39.4 Å². The third-order valence-electron chi connectivity index (χ3n) is 4.89. The maximum atomic E-state index is 13.3. The first-order valence-electron chi connectivity index (χ1n) is 9.31. The molecule has 2 amide bonds. The number of amides is 2. The Morgan fingerprint density at radius 2 is 1.90 bits per heavy atom. The minimum atomic E-state index is -1.56. The van der Waals surface area contributed by atoms with Crippen LogP contribution < -0.4 is 10.6 Å². The van der Waals surface area contributed by atoms with Crippen LogP contribution in [-0.2, 0) is 17.9 Å². The van der Waals surface area contributed by atoms with Gasteiger partial charge in [-0.1, -0.05) is 6.92 Å². The van der Waals surface area contributed by atoms with Gasteiger partial charge in [0.1, 0.15) is 0 Å². The lowest BCUT2D eigenvalue weighted by Crippen LogP contribution is -2.42. The van der Waals surface area contributed by atoms with Crippen molar-refractivity contribution in [3.63, 3.8) is 0 Å². The van der Waals surface area contributed by atoms with Gasteiger partial charge in [0.15, 0.2) is 17.5 Å². The van der Waals surface area contributed by atoms with Gasteiger partial charge >= 0.3 is 0 Å². The zero-order valence-corrected chi connectivity index (χ0v) is 16.1. The van der Waals surface area contributed by atoms with Gasteiger partial charge in [0, 0.05) is 30.4 Å². The van der Waals surface area contributed by atoms with Crippen molar-refractivity contribution >= 4 is 17.5 Å². The van der Waals surface area contributed by atoms with Crippen molar-refractivity contribution in [2.24, 2.45) is 0 Å². The smallest absolute Gasteiger partial charge is 0.255 e. The van der Waals surface area contributed by atoms with Crippen molar-refractivity contribution in [3.05, 3.63) is 47.0 Å². The van der Waals surface area contributed by atoms with Crippen LogP contribution in [-0.4, -0.2) is 45.6 Å². The molecule has 3 rings (SSSR count). The molecule has 1 aliphatic heterocycles. The van der Waals surface area contributed by atoms with Crippen LogP contribution in [0.2, 0.25) is 0 Å². The lowest BCUT2D eigenvalue weighted by atomic mass is 10.1. The lowest BCUT2D eigenvalue weighted by molar-refractivity contribution is -0.130. The predicted octanol–water partition coefficient (Wildman–Crippen LogP) is 2.28. The van der Waals surface area contributed by atoms with Gasteiger partial charge in [-0.15, -0.1) is 0 Å². The molecule has 1 atom stereocenters. The average molecular weight is 409 g/mol. The normalized spacial score (nSPS) is 14.3. The molecule has 0 spiro atoms. The molecule has 1 aliphatic rings. The topological polar surface area (TPSA) is 79.3 Å². The molecule has 7 nitrogen and oxygen atoms in total. The number of anilines is 1. The summed E-state index contributed by atoms with van der Waals surface area (Å²) in [5.41, 5.74) is 1.01. The minimum absolute atomic E-state index is 0.0140. The molecule has 10 heteroatoms. The molecule has 0 saturated carbocycles. The minimum Gasteiger partial charge on any atom is -0.376 e. The third kappa shape index (κ3) is 4.52. The Bertz CT molecular complexity index is 908. The van der Waals surface area contributed by atoms with Gasteiger partial charge in [0.25, 0.3) is 5.91 Å². The van der Waals surface area contributed by atoms with Crippen molar-refractivity contribution in [1.29, 1.82) is 0 Å². The van der Waals surface area contributed by atoms with Crippen LogP contribution in [0.4, 0.5) is 18.9 Å². The highest BCUT2D eigenvalue weighted by Crippen LogP contribution is 2.19. The van der Waals surface area contributed by atoms with Gasteiger partial charge < -0.3 is 15.5 Å². The standard InChI is InChI=1S/C19H22F3N5O2/c1-3-11(2)25-19(29)13-8-24-27-5-4-26(10-16(13)27)17(28)9-23-12-6-14(20)18(22)15(21)7-12/h6-8,11,23H,3-5,9-10H2,1-2H3,(H,25,29)/t11-/m1/s1. The fraction of sp³-hybridized carbons (Fsp3) is 0.421. The second kappa shape index (κ2) is 8.54. The molecule has 0 unspecified atom stereocenters. The molecule has 0 radical (unpaired) electrons. The van der Waals surface area contributed by atoms with Crippen LogP contribution >= 0.6 is 0 Å². The van der Waals surface area contributed by atoms with Crippen molar-refractivity contribution in [1.82, 2.24) is 20.0 Å². The lowest BCUT2D eigenvalue weighted by Gasteiger charge is -2.28. The van der Waals surface area contributed by atoms with Crippen molar-refractivity contribution in [2.75, 3.05) is 18.4 Å². The van der Waals surface area contributed by atoms with E-state index in [1.54, 1.807) is 4.68 Å². The number of rotatable bonds is 6. The Balaban J connectivity index is 1.65. The van der Waals surface area contributed by atoms with Gasteiger partial charge in [0.2, 0.25) is 5.91 Å². The van der Waals surface area contributed by atoms with E-state index < -0.39 is 17.5 Å². The Labute approximate surface area is 165 Å². The molecule has 0 bridgehead atoms. The van der Waals surface area contributed by atoms with Gasteiger partial charge in [-0.05, 0) is 13.3 Å². The molecule has 1 aromatic carbocycles. The number of carbonyl (C=O) groups is 2. The third-order valence-corrected chi connectivity index (χ3v) is 4.89. The van der Waals surface area contributed by atoms with Gasteiger partial charge in [0.05, 0.1) is 37.1 Å². The van der Waals surface area contributed by atoms with Gasteiger partial charge in [-0.2, -0.15) is 5.10 Å². The highest BCUT2D eigenvalue weighted by Gasteiger charge is 2.26. The van der Waals surface area contributed by atoms with Crippen molar-refractivity contribution in [3.8, 4) is 0 Å². The summed E-state index contributed by atoms with van der Waals surface area (Å²) in [5, 5.41) is 9.69. The number of halogens is 3. The van der Waals surface area contributed by atoms with E-state index in [9.17, 15) is 22.8 Å². The fourth-order valence-electron chi connectivity index (χ4n) is 3.00. The number of hydrogen-bond acceptors (Lipinski definition) is 4. The quantitative estimate of drug-likeness (QED) is 0.718. The molecule has 1 aromatic heterocycles. The summed E-state index contributed by atoms with van der Waals surface area (Å²) in [4.78, 5) is 26.5. The van der Waals surface area contributed by atoms with Crippen LogP contribution in [0, 0.1) is 17.5 Å². The Hall–Kier alpha value is -3.04. The molecule has 0 saturated heterocycles. The SMILES string of the molecule is CC[C@@H](C)NC(=O)c1cnn2c1CN(C(=O)CNc1cc(F)c(F)c(F)c1)CC2. The first-order chi connectivity index (χ1) is 13.8. The van der Waals surface area contributed by atoms with Crippen LogP contribution in [0.1, 0.15) is 36.3 Å². The molecule has 2 aromatic rings. The monoisotopic (exact) mass is 409 g/mol. The van der Waals surface area contributed by atoms with E-state index >= 15 is 0 Å². The molecular formula is C19H22F3N5O2. The molecular weight excluding hydrogens is 387 g/mol. The first kappa shape index (κ1) is 20.7. The number of nitrogens with zero attached hydrogens (tertiary/aromatic N) is 3. The highest BCUT2D eigenvalue weighted by molar-refractivity contribution is 5.95. The number of benzene rings is 1. The maximum absolute atomic E-state index is 13.3. The summed E-state index contributed by atoms with van der Waals surface area (Å²) in [6, 6.07) is 1.59. The first-order valence-corrected chi connectivity index (χ1v) is 9.31. The summed E-state index contributed by atoms with van der Waals surface area (Å²) < 4.78 is 41.3. The summed E-state index contributed by atoms with van der Waals surface area (Å²) in [6.45, 7) is 4.63. The Kier molecular flexibility index (Phi) is 6.09. The van der Waals surface area contributed by atoms with Crippen LogP contribution in [0.3, 0.4) is 0 Å². The van der Waals surface area contributed by atoms with E-state index in [0.717, 1.165) is 18.6 Å². The summed E-state index contributed by atoms with van der Waals surface area (Å²) in [6.07, 6.45) is 2.28. The fourth-order valence-corrected chi connectivity index (χ4v) is 3.00. The summed E-state index contributed by atoms with van der Waals surface area (Å²) in [7, 11) is 0. The average Bonchev–Trinajstić information content (AvgIpc) is 3.13. The molecule has 2 heterocycles. The van der Waals surface area contributed by atoms with E-state index in [2.05, 4.69) is 15.7 Å². The van der Waals surface area contributed by atoms with E-state index in [-0.39, 0.29) is 36.6 Å². The summed E-state index contributed by atoms with van der Waals surface area (Å²) in [5.74, 6) is -4.80. The Morgan fingerprint density at radius 3 is 2.55 bits per heavy atom. The van der Waals surface area contributed by atoms with Gasteiger partial charge in [-0.3, -0.25) is 14.3 Å². The highest BCUT2D eigenvalue weighted by atomic mass is 19.2. The van der Waals surface area contributed by atoms with E-state index in [4.69, 9.17) is 0 Å². The maximum Gasteiger partial charge on any atom is 0.255 e. The number of fused-ring (bicyclic) bond motifs is 1. The van der Waals surface area contributed by atoms with E-state index in [1.807, 2.05) is 13.8 Å². The molecule has 2 N–H and O–H groups in total. The number of nitrogens with one attached hydrogen (secondary N) is 2. The van der Waals surface area contributed by atoms with Crippen LogP contribution in [0.15, 0.2) is 18.3 Å². The summed E-state index contributed by atoms with van der Waals surface area (Å²) >= 11 is 0. The predicted molar refractivity (Wildman–Crippen MR) is 99.7 cm³/mol. The van der Waals surface area contributed by atoms with Crippen molar-refractivity contribution < 1.29 is 22.8 Å². The van der Waals surface area contributed by atoms with E-state index in [0.29, 0.717) is 24.3 Å². The number of hydrogen-bond donors (Lipinski definition) is 2. The molecule has 0 aliphatic carbocycles. The molecule has 0 fully saturated rings. The molecule has 156 valence electrons. The zero-order chi connectivity index (χ0) is 21.1. The van der Waals surface area contributed by atoms with Gasteiger partial charge in [-0.25, -0.2) is 13.2 Å². The van der Waals surface area contributed by atoms with Crippen LogP contribution in [0.5, 0.6) is 0 Å². The van der Waals surface area contributed by atoms with Crippen LogP contribution in [0.25, 0.3) is 0 Å². The second-order valence-corrected chi connectivity index (χ2v) is 6.93. The Morgan fingerprint density at radius 1 is 1.21 bits per heavy atom. The molecule has 29 heavy (non-hydrogen) atoms. The number of aromatic nitrogens is 2.